The first-order valence-electron chi connectivity index (χ1n) is 20.5. The lowest BCUT2D eigenvalue weighted by Crippen LogP contribution is -2.66. The van der Waals surface area contributed by atoms with Crippen LogP contribution in [0, 0.1) is 44.3 Å². The fourth-order valence-electron chi connectivity index (χ4n) is 13.0. The van der Waals surface area contributed by atoms with Gasteiger partial charge in [-0.2, -0.15) is 0 Å². The Morgan fingerprint density at radius 1 is 0.722 bits per heavy atom. The summed E-state index contributed by atoms with van der Waals surface area (Å²) in [5.41, 5.74) is 2.11. The SMILES string of the molecule is CC1OC(OC2CCC3(C)C(CCC4(C)C3C=CC3=C5CC(C)(C)CCC5(CO)CCC34C)C2(C)CO)C(O)C(OC2OC(CO)C(O)C(O)C2O)C1O. The Kier molecular flexibility index (Phi) is 10.7. The average Bonchev–Trinajstić information content (AvgIpc) is 3.13. The van der Waals surface area contributed by atoms with Crippen molar-refractivity contribution in [1.29, 1.82) is 0 Å². The zero-order valence-electron chi connectivity index (χ0n) is 33.4. The van der Waals surface area contributed by atoms with Crippen LogP contribution >= 0.6 is 0 Å². The summed E-state index contributed by atoms with van der Waals surface area (Å²) >= 11 is 0. The molecule has 18 atom stereocenters. The molecule has 0 aromatic rings. The molecule has 5 aliphatic carbocycles. The Balaban J connectivity index is 1.14. The van der Waals surface area contributed by atoms with Crippen LogP contribution in [0.5, 0.6) is 0 Å². The van der Waals surface area contributed by atoms with Crippen LogP contribution < -0.4 is 0 Å². The molecule has 0 bridgehead atoms. The Hall–Kier alpha value is -1.00. The quantitative estimate of drug-likeness (QED) is 0.177. The van der Waals surface area contributed by atoms with Crippen molar-refractivity contribution in [2.45, 2.75) is 174 Å². The van der Waals surface area contributed by atoms with Crippen LogP contribution in [0.15, 0.2) is 23.3 Å². The lowest BCUT2D eigenvalue weighted by molar-refractivity contribution is -0.367. The zero-order valence-corrected chi connectivity index (χ0v) is 33.4. The first-order valence-corrected chi connectivity index (χ1v) is 20.5. The predicted molar refractivity (Wildman–Crippen MR) is 197 cm³/mol. The second-order valence-electron chi connectivity index (χ2n) is 20.2. The van der Waals surface area contributed by atoms with E-state index in [9.17, 15) is 40.9 Å². The van der Waals surface area contributed by atoms with Gasteiger partial charge in [-0.25, -0.2) is 0 Å². The zero-order chi connectivity index (χ0) is 39.4. The van der Waals surface area contributed by atoms with Gasteiger partial charge in [0, 0.05) is 10.8 Å². The van der Waals surface area contributed by atoms with E-state index < -0.39 is 79.5 Å². The molecule has 12 nitrogen and oxygen atoms in total. The molecule has 3 saturated carbocycles. The Labute approximate surface area is 320 Å². The van der Waals surface area contributed by atoms with Crippen molar-refractivity contribution < 1.29 is 59.8 Å². The van der Waals surface area contributed by atoms with Gasteiger partial charge in [0.2, 0.25) is 0 Å². The maximum absolute atomic E-state index is 11.6. The van der Waals surface area contributed by atoms with Crippen LogP contribution in [-0.4, -0.2) is 128 Å². The number of hydrogen-bond acceptors (Lipinski definition) is 12. The smallest absolute Gasteiger partial charge is 0.187 e. The third-order valence-electron chi connectivity index (χ3n) is 16.8. The van der Waals surface area contributed by atoms with E-state index in [0.717, 1.165) is 51.4 Å². The van der Waals surface area contributed by atoms with E-state index in [4.69, 9.17) is 18.9 Å². The second kappa shape index (κ2) is 14.1. The molecule has 2 aliphatic heterocycles. The van der Waals surface area contributed by atoms with Crippen molar-refractivity contribution in [2.75, 3.05) is 19.8 Å². The highest BCUT2D eigenvalue weighted by atomic mass is 16.7. The molecule has 0 radical (unpaired) electrons. The summed E-state index contributed by atoms with van der Waals surface area (Å²) in [6.07, 6.45) is -1.17. The van der Waals surface area contributed by atoms with Crippen LogP contribution in [-0.2, 0) is 18.9 Å². The van der Waals surface area contributed by atoms with Crippen LogP contribution in [0.4, 0.5) is 0 Å². The molecule has 7 aliphatic rings. The lowest BCUT2D eigenvalue weighted by atomic mass is 9.35. The van der Waals surface area contributed by atoms with E-state index in [0.29, 0.717) is 6.42 Å². The van der Waals surface area contributed by atoms with Gasteiger partial charge < -0.3 is 59.8 Å². The Morgan fingerprint density at radius 3 is 2.07 bits per heavy atom. The van der Waals surface area contributed by atoms with Crippen molar-refractivity contribution in [3.05, 3.63) is 23.3 Å². The number of hydrogen-bond donors (Lipinski definition) is 8. The van der Waals surface area contributed by atoms with Crippen molar-refractivity contribution in [1.82, 2.24) is 0 Å². The highest BCUT2D eigenvalue weighted by molar-refractivity contribution is 5.46. The van der Waals surface area contributed by atoms with Gasteiger partial charge in [0.1, 0.15) is 42.7 Å². The number of fused-ring (bicyclic) bond motifs is 6. The molecule has 0 amide bonds. The van der Waals surface area contributed by atoms with Crippen molar-refractivity contribution in [3.63, 3.8) is 0 Å². The molecule has 2 heterocycles. The van der Waals surface area contributed by atoms with E-state index in [1.54, 1.807) is 6.92 Å². The minimum atomic E-state index is -1.71. The van der Waals surface area contributed by atoms with Crippen molar-refractivity contribution in [2.24, 2.45) is 44.3 Å². The summed E-state index contributed by atoms with van der Waals surface area (Å²) in [5.74, 6) is 0.346. The highest BCUT2D eigenvalue weighted by Crippen LogP contribution is 2.74. The molecule has 8 N–H and O–H groups in total. The number of ether oxygens (including phenoxy) is 4. The van der Waals surface area contributed by atoms with Crippen LogP contribution in [0.3, 0.4) is 0 Å². The topological polar surface area (TPSA) is 199 Å². The maximum Gasteiger partial charge on any atom is 0.187 e. The summed E-state index contributed by atoms with van der Waals surface area (Å²) in [5, 5.41) is 85.6. The lowest BCUT2D eigenvalue weighted by Gasteiger charge is -2.70. The molecule has 12 heteroatoms. The third kappa shape index (κ3) is 5.98. The molecular weight excluding hydrogens is 696 g/mol. The maximum atomic E-state index is 11.6. The van der Waals surface area contributed by atoms with Gasteiger partial charge >= 0.3 is 0 Å². The fraction of sp³-hybridized carbons (Fsp3) is 0.905. The summed E-state index contributed by atoms with van der Waals surface area (Å²) in [7, 11) is 0. The Morgan fingerprint density at radius 2 is 1.41 bits per heavy atom. The van der Waals surface area contributed by atoms with E-state index in [-0.39, 0.29) is 52.1 Å². The minimum Gasteiger partial charge on any atom is -0.396 e. The molecule has 0 spiro atoms. The first kappa shape index (κ1) is 41.2. The van der Waals surface area contributed by atoms with Gasteiger partial charge in [0.25, 0.3) is 0 Å². The van der Waals surface area contributed by atoms with Crippen molar-refractivity contribution in [3.8, 4) is 0 Å². The first-order chi connectivity index (χ1) is 25.3. The van der Waals surface area contributed by atoms with Gasteiger partial charge in [-0.3, -0.25) is 0 Å². The monoisotopic (exact) mass is 764 g/mol. The van der Waals surface area contributed by atoms with E-state index in [1.165, 1.54) is 11.1 Å². The molecule has 308 valence electrons. The number of allylic oxidation sites excluding steroid dienone is 3. The van der Waals surface area contributed by atoms with E-state index >= 15 is 0 Å². The molecule has 54 heavy (non-hydrogen) atoms. The fourth-order valence-corrected chi connectivity index (χ4v) is 13.0. The van der Waals surface area contributed by atoms with Crippen LogP contribution in [0.1, 0.15) is 106 Å². The Bertz CT molecular complexity index is 1470. The van der Waals surface area contributed by atoms with E-state index in [2.05, 4.69) is 53.7 Å². The molecule has 7 rings (SSSR count). The van der Waals surface area contributed by atoms with Gasteiger partial charge in [-0.05, 0) is 104 Å². The molecule has 18 unspecified atom stereocenters. The second-order valence-corrected chi connectivity index (χ2v) is 20.2. The third-order valence-corrected chi connectivity index (χ3v) is 16.8. The summed E-state index contributed by atoms with van der Waals surface area (Å²) in [4.78, 5) is 0. The van der Waals surface area contributed by atoms with E-state index in [1.807, 2.05) is 0 Å². The minimum absolute atomic E-state index is 0.0220. The number of aliphatic hydroxyl groups is 8. The van der Waals surface area contributed by atoms with Crippen LogP contribution in [0.25, 0.3) is 0 Å². The molecular formula is C42H68O12. The molecule has 5 fully saturated rings. The summed E-state index contributed by atoms with van der Waals surface area (Å²) in [6, 6.07) is 0. The molecule has 0 aromatic carbocycles. The average molecular weight is 765 g/mol. The van der Waals surface area contributed by atoms with Crippen LogP contribution in [0.2, 0.25) is 0 Å². The van der Waals surface area contributed by atoms with Gasteiger partial charge in [0.05, 0.1) is 32.0 Å². The number of rotatable bonds is 7. The highest BCUT2D eigenvalue weighted by Gasteiger charge is 2.68. The largest absolute Gasteiger partial charge is 0.396 e. The summed E-state index contributed by atoms with van der Waals surface area (Å²) < 4.78 is 24.1. The number of aliphatic hydroxyl groups excluding tert-OH is 8. The standard InChI is InChI=1S/C42H68O12/c1-22-29(46)34(54-35-32(49)31(48)30(47)25(19-43)52-35)33(50)36(51-22)53-28-11-12-38(4)26(39(28,5)20-44)10-13-41(7)27(38)9-8-23-24-18-37(2,3)14-16-42(24,21-45)17-15-40(23,41)6/h8-9,22,25-36,43-50H,10-21H2,1-7H3. The van der Waals surface area contributed by atoms with Gasteiger partial charge in [0.15, 0.2) is 12.6 Å². The van der Waals surface area contributed by atoms with Gasteiger partial charge in [-0.1, -0.05) is 59.3 Å². The summed E-state index contributed by atoms with van der Waals surface area (Å²) in [6.45, 7) is 15.2. The normalized spacial score (nSPS) is 54.3. The predicted octanol–water partition coefficient (Wildman–Crippen LogP) is 2.71. The van der Waals surface area contributed by atoms with Gasteiger partial charge in [-0.15, -0.1) is 0 Å². The molecule has 0 aromatic heterocycles. The van der Waals surface area contributed by atoms with Crippen molar-refractivity contribution >= 4 is 0 Å². The molecule has 2 saturated heterocycles.